The quantitative estimate of drug-likeness (QED) is 0.714. The van der Waals surface area contributed by atoms with E-state index >= 15 is 0 Å². The average molecular weight is 381 g/mol. The van der Waals surface area contributed by atoms with Gasteiger partial charge in [0.15, 0.2) is 5.82 Å². The van der Waals surface area contributed by atoms with Gasteiger partial charge in [-0.3, -0.25) is 4.79 Å². The summed E-state index contributed by atoms with van der Waals surface area (Å²) in [6.45, 7) is 2.83. The molecule has 0 fully saturated rings. The number of sulfonamides is 1. The largest absolute Gasteiger partial charge is 0.467 e. The number of rotatable bonds is 7. The van der Waals surface area contributed by atoms with E-state index in [2.05, 4.69) is 25.0 Å². The van der Waals surface area contributed by atoms with Crippen molar-refractivity contribution < 1.29 is 22.7 Å². The first-order valence-electron chi connectivity index (χ1n) is 7.46. The zero-order chi connectivity index (χ0) is 19.3. The fourth-order valence-corrected chi connectivity index (χ4v) is 3.31. The summed E-state index contributed by atoms with van der Waals surface area (Å²) in [4.78, 5) is 22.9. The third kappa shape index (κ3) is 4.86. The van der Waals surface area contributed by atoms with Crippen LogP contribution in [0.3, 0.4) is 0 Å². The summed E-state index contributed by atoms with van der Waals surface area (Å²) in [5.41, 5.74) is 0.996. The highest BCUT2D eigenvalue weighted by atomic mass is 32.2. The van der Waals surface area contributed by atoms with Gasteiger partial charge in [0.25, 0.3) is 0 Å². The molecule has 2 rings (SSSR count). The van der Waals surface area contributed by atoms with Crippen molar-refractivity contribution in [3.63, 3.8) is 0 Å². The lowest BCUT2D eigenvalue weighted by molar-refractivity contribution is -0.114. The van der Waals surface area contributed by atoms with Crippen molar-refractivity contribution in [3.05, 3.63) is 29.6 Å². The van der Waals surface area contributed by atoms with Crippen LogP contribution in [-0.4, -0.2) is 43.5 Å². The Labute approximate surface area is 151 Å². The molecule has 2 N–H and O–H groups in total. The summed E-state index contributed by atoms with van der Waals surface area (Å²) in [7, 11) is -1.06. The summed E-state index contributed by atoms with van der Waals surface area (Å²) in [6.07, 6.45) is 0. The van der Waals surface area contributed by atoms with Gasteiger partial charge in [0.2, 0.25) is 15.9 Å². The van der Waals surface area contributed by atoms with Crippen LogP contribution >= 0.6 is 0 Å². The molecule has 0 saturated carbocycles. The standard InChI is InChI=1S/C15H19N5O5S/c1-9-7-11(17-10(2)21)5-6-12(9)26(22,23)16-8-13-18-14(24-3)20-15(19-13)25-4/h5-7,16H,8H2,1-4H3,(H,17,21). The molecule has 0 aliphatic rings. The maximum Gasteiger partial charge on any atom is 0.322 e. The molecule has 1 heterocycles. The van der Waals surface area contributed by atoms with E-state index in [0.717, 1.165) is 0 Å². The van der Waals surface area contributed by atoms with Crippen molar-refractivity contribution >= 4 is 21.6 Å². The van der Waals surface area contributed by atoms with E-state index in [4.69, 9.17) is 9.47 Å². The molecular weight excluding hydrogens is 362 g/mol. The van der Waals surface area contributed by atoms with Gasteiger partial charge in [0.1, 0.15) is 0 Å². The Morgan fingerprint density at radius 1 is 1.12 bits per heavy atom. The first-order chi connectivity index (χ1) is 12.2. The molecule has 1 aromatic heterocycles. The van der Waals surface area contributed by atoms with E-state index in [1.54, 1.807) is 13.0 Å². The average Bonchev–Trinajstić information content (AvgIpc) is 2.59. The molecule has 2 aromatic rings. The zero-order valence-electron chi connectivity index (χ0n) is 14.7. The predicted octanol–water partition coefficient (Wildman–Crippen LogP) is 0.634. The Kier molecular flexibility index (Phi) is 6.05. The Morgan fingerprint density at radius 2 is 1.73 bits per heavy atom. The van der Waals surface area contributed by atoms with Gasteiger partial charge in [-0.2, -0.15) is 9.97 Å². The normalized spacial score (nSPS) is 11.1. The van der Waals surface area contributed by atoms with Crippen molar-refractivity contribution in [2.75, 3.05) is 19.5 Å². The second-order valence-corrected chi connectivity index (χ2v) is 6.95. The monoisotopic (exact) mass is 381 g/mol. The second kappa shape index (κ2) is 8.06. The fourth-order valence-electron chi connectivity index (χ4n) is 2.11. The zero-order valence-corrected chi connectivity index (χ0v) is 15.5. The number of nitrogens with one attached hydrogen (secondary N) is 2. The third-order valence-electron chi connectivity index (χ3n) is 3.21. The topological polar surface area (TPSA) is 132 Å². The van der Waals surface area contributed by atoms with Gasteiger partial charge in [0, 0.05) is 12.6 Å². The van der Waals surface area contributed by atoms with Gasteiger partial charge in [-0.15, -0.1) is 4.98 Å². The molecule has 0 unspecified atom stereocenters. The Bertz CT molecular complexity index is 894. The number of benzene rings is 1. The molecular formula is C15H19N5O5S. The molecule has 11 heteroatoms. The van der Waals surface area contributed by atoms with Gasteiger partial charge in [-0.1, -0.05) is 0 Å². The molecule has 10 nitrogen and oxygen atoms in total. The number of carbonyl (C=O) groups is 1. The minimum absolute atomic E-state index is 0.0156. The maximum absolute atomic E-state index is 12.5. The summed E-state index contributed by atoms with van der Waals surface area (Å²) >= 11 is 0. The number of carbonyl (C=O) groups excluding carboxylic acids is 1. The first-order valence-corrected chi connectivity index (χ1v) is 8.94. The van der Waals surface area contributed by atoms with Crippen LogP contribution < -0.4 is 19.5 Å². The van der Waals surface area contributed by atoms with Crippen molar-refractivity contribution in [3.8, 4) is 12.0 Å². The van der Waals surface area contributed by atoms with Crippen LogP contribution in [0.5, 0.6) is 12.0 Å². The van der Waals surface area contributed by atoms with Crippen molar-refractivity contribution in [1.82, 2.24) is 19.7 Å². The number of hydrogen-bond donors (Lipinski definition) is 2. The van der Waals surface area contributed by atoms with E-state index in [1.807, 2.05) is 0 Å². The fraction of sp³-hybridized carbons (Fsp3) is 0.333. The van der Waals surface area contributed by atoms with Gasteiger partial charge in [-0.25, -0.2) is 13.1 Å². The molecule has 140 valence electrons. The Hall–Kier alpha value is -2.79. The van der Waals surface area contributed by atoms with Crippen molar-refractivity contribution in [2.45, 2.75) is 25.3 Å². The van der Waals surface area contributed by atoms with Crippen LogP contribution in [-0.2, 0) is 21.4 Å². The summed E-state index contributed by atoms with van der Waals surface area (Å²) in [6, 6.07) is 4.53. The van der Waals surface area contributed by atoms with Gasteiger partial charge < -0.3 is 14.8 Å². The van der Waals surface area contributed by atoms with Crippen LogP contribution in [0.2, 0.25) is 0 Å². The highest BCUT2D eigenvalue weighted by molar-refractivity contribution is 7.89. The summed E-state index contributed by atoms with van der Waals surface area (Å²) in [5, 5.41) is 2.60. The highest BCUT2D eigenvalue weighted by Gasteiger charge is 2.18. The van der Waals surface area contributed by atoms with E-state index in [0.29, 0.717) is 11.3 Å². The van der Waals surface area contributed by atoms with Crippen LogP contribution in [0.4, 0.5) is 5.69 Å². The minimum atomic E-state index is -3.82. The van der Waals surface area contributed by atoms with Crippen LogP contribution in [0.25, 0.3) is 0 Å². The number of amides is 1. The number of hydrogen-bond acceptors (Lipinski definition) is 8. The number of ether oxygens (including phenoxy) is 2. The van der Waals surface area contributed by atoms with Crippen molar-refractivity contribution in [1.29, 1.82) is 0 Å². The lowest BCUT2D eigenvalue weighted by Crippen LogP contribution is -2.25. The summed E-state index contributed by atoms with van der Waals surface area (Å²) in [5.74, 6) is -0.0966. The number of nitrogens with zero attached hydrogens (tertiary/aromatic N) is 3. The van der Waals surface area contributed by atoms with E-state index in [-0.39, 0.29) is 35.2 Å². The molecule has 1 amide bonds. The van der Waals surface area contributed by atoms with Gasteiger partial charge in [-0.05, 0) is 30.7 Å². The van der Waals surface area contributed by atoms with E-state index in [1.165, 1.54) is 33.3 Å². The molecule has 26 heavy (non-hydrogen) atoms. The minimum Gasteiger partial charge on any atom is -0.467 e. The molecule has 0 aliphatic carbocycles. The molecule has 1 aromatic carbocycles. The Morgan fingerprint density at radius 3 is 2.23 bits per heavy atom. The smallest absolute Gasteiger partial charge is 0.322 e. The maximum atomic E-state index is 12.5. The molecule has 0 atom stereocenters. The molecule has 0 radical (unpaired) electrons. The SMILES string of the molecule is COc1nc(CNS(=O)(=O)c2ccc(NC(C)=O)cc2C)nc(OC)n1. The first kappa shape index (κ1) is 19.5. The van der Waals surface area contributed by atoms with Gasteiger partial charge >= 0.3 is 12.0 Å². The second-order valence-electron chi connectivity index (χ2n) is 5.21. The van der Waals surface area contributed by atoms with Crippen LogP contribution in [0.15, 0.2) is 23.1 Å². The number of aromatic nitrogens is 3. The van der Waals surface area contributed by atoms with E-state index < -0.39 is 10.0 Å². The number of anilines is 1. The molecule has 0 saturated heterocycles. The highest BCUT2D eigenvalue weighted by Crippen LogP contribution is 2.20. The molecule has 0 aliphatic heterocycles. The summed E-state index contributed by atoms with van der Waals surface area (Å²) < 4.78 is 37.3. The van der Waals surface area contributed by atoms with Crippen molar-refractivity contribution in [2.24, 2.45) is 0 Å². The van der Waals surface area contributed by atoms with Crippen LogP contribution in [0.1, 0.15) is 18.3 Å². The lowest BCUT2D eigenvalue weighted by atomic mass is 10.2. The van der Waals surface area contributed by atoms with Crippen LogP contribution in [0, 0.1) is 6.92 Å². The van der Waals surface area contributed by atoms with Gasteiger partial charge in [0.05, 0.1) is 25.7 Å². The number of methoxy groups -OCH3 is 2. The van der Waals surface area contributed by atoms with E-state index in [9.17, 15) is 13.2 Å². The number of aryl methyl sites for hydroxylation is 1. The molecule has 0 spiro atoms. The third-order valence-corrected chi connectivity index (χ3v) is 4.77. The Balaban J connectivity index is 2.20. The predicted molar refractivity (Wildman–Crippen MR) is 92.4 cm³/mol. The molecule has 0 bridgehead atoms. The lowest BCUT2D eigenvalue weighted by Gasteiger charge is -2.11.